The number of aldehydes is 1. The number of aromatic hydroxyl groups is 1. The van der Waals surface area contributed by atoms with E-state index in [1.165, 1.54) is 6.07 Å². The lowest BCUT2D eigenvalue weighted by molar-refractivity contribution is -0.108. The number of nitrogens with zero attached hydrogens (tertiary/aromatic N) is 1. The number of carbonyl (C=O) groups is 1. The molecule has 1 N–H and O–H groups in total. The fourth-order valence-corrected chi connectivity index (χ4v) is 1.10. The molecule has 4 heteroatoms. The van der Waals surface area contributed by atoms with Gasteiger partial charge in [0.1, 0.15) is 6.29 Å². The second-order valence-electron chi connectivity index (χ2n) is 2.76. The Bertz CT molecular complexity index is 368. The van der Waals surface area contributed by atoms with Crippen molar-refractivity contribution in [2.45, 2.75) is 19.9 Å². The van der Waals surface area contributed by atoms with Crippen LogP contribution in [-0.2, 0) is 11.3 Å². The smallest absolute Gasteiger partial charge is 0.223 e. The Morgan fingerprint density at radius 1 is 1.62 bits per heavy atom. The predicted molar refractivity (Wildman–Crippen MR) is 47.8 cm³/mol. The highest BCUT2D eigenvalue weighted by Gasteiger charge is 2.03. The summed E-state index contributed by atoms with van der Waals surface area (Å²) >= 11 is 0. The van der Waals surface area contributed by atoms with Crippen LogP contribution in [0.4, 0.5) is 0 Å². The van der Waals surface area contributed by atoms with Crippen LogP contribution in [0.2, 0.25) is 0 Å². The molecule has 0 fully saturated rings. The molecule has 0 radical (unpaired) electrons. The molecule has 0 aliphatic rings. The van der Waals surface area contributed by atoms with Crippen molar-refractivity contribution in [3.05, 3.63) is 28.2 Å². The van der Waals surface area contributed by atoms with Crippen LogP contribution in [-0.4, -0.2) is 16.0 Å². The monoisotopic (exact) mass is 181 g/mol. The van der Waals surface area contributed by atoms with Gasteiger partial charge >= 0.3 is 0 Å². The maximum absolute atomic E-state index is 10.9. The number of pyridine rings is 1. The van der Waals surface area contributed by atoms with E-state index in [1.807, 2.05) is 0 Å². The Morgan fingerprint density at radius 3 is 2.92 bits per heavy atom. The standard InChI is InChI=1S/C9H11NO3/c1-7-9(13)8(12)3-5-10(7)4-2-6-11/h3,5-6,13H,2,4H2,1H3. The quantitative estimate of drug-likeness (QED) is 0.689. The van der Waals surface area contributed by atoms with E-state index < -0.39 is 0 Å². The summed E-state index contributed by atoms with van der Waals surface area (Å²) in [5.74, 6) is -0.242. The summed E-state index contributed by atoms with van der Waals surface area (Å²) in [6.07, 6.45) is 2.75. The Kier molecular flexibility index (Phi) is 2.84. The highest BCUT2D eigenvalue weighted by atomic mass is 16.3. The van der Waals surface area contributed by atoms with Crippen molar-refractivity contribution in [3.63, 3.8) is 0 Å². The third kappa shape index (κ3) is 1.96. The zero-order valence-corrected chi connectivity index (χ0v) is 7.36. The molecule has 13 heavy (non-hydrogen) atoms. The molecular weight excluding hydrogens is 170 g/mol. The number of aryl methyl sites for hydroxylation is 1. The van der Waals surface area contributed by atoms with Gasteiger partial charge in [0.25, 0.3) is 0 Å². The molecule has 1 aromatic rings. The van der Waals surface area contributed by atoms with E-state index in [2.05, 4.69) is 0 Å². The summed E-state index contributed by atoms with van der Waals surface area (Å²) in [6.45, 7) is 2.13. The van der Waals surface area contributed by atoms with E-state index >= 15 is 0 Å². The van der Waals surface area contributed by atoms with Crippen LogP contribution in [0.1, 0.15) is 12.1 Å². The van der Waals surface area contributed by atoms with Gasteiger partial charge in [0, 0.05) is 25.2 Å². The zero-order chi connectivity index (χ0) is 9.84. The van der Waals surface area contributed by atoms with Crippen LogP contribution in [0.15, 0.2) is 17.1 Å². The van der Waals surface area contributed by atoms with Gasteiger partial charge in [-0.15, -0.1) is 0 Å². The molecule has 0 unspecified atom stereocenters. The van der Waals surface area contributed by atoms with Gasteiger partial charge in [0.05, 0.1) is 5.69 Å². The second kappa shape index (κ2) is 3.89. The predicted octanol–water partition coefficient (Wildman–Crippen LogP) is 0.451. The first-order chi connectivity index (χ1) is 6.16. The van der Waals surface area contributed by atoms with Crippen molar-refractivity contribution in [1.82, 2.24) is 4.57 Å². The van der Waals surface area contributed by atoms with Gasteiger partial charge in [-0.2, -0.15) is 0 Å². The minimum Gasteiger partial charge on any atom is -0.503 e. The van der Waals surface area contributed by atoms with Gasteiger partial charge in [-0.1, -0.05) is 0 Å². The van der Waals surface area contributed by atoms with E-state index in [9.17, 15) is 14.7 Å². The molecule has 0 amide bonds. The molecule has 0 aliphatic carbocycles. The van der Waals surface area contributed by atoms with Crippen LogP contribution in [0.3, 0.4) is 0 Å². The minimum atomic E-state index is -0.389. The van der Waals surface area contributed by atoms with Gasteiger partial charge in [-0.3, -0.25) is 4.79 Å². The highest BCUT2D eigenvalue weighted by Crippen LogP contribution is 2.08. The van der Waals surface area contributed by atoms with Crippen molar-refractivity contribution < 1.29 is 9.90 Å². The van der Waals surface area contributed by atoms with Crippen LogP contribution < -0.4 is 5.43 Å². The molecule has 1 rings (SSSR count). The lowest BCUT2D eigenvalue weighted by Crippen LogP contribution is -2.10. The summed E-state index contributed by atoms with van der Waals surface area (Å²) < 4.78 is 1.67. The summed E-state index contributed by atoms with van der Waals surface area (Å²) in [5.41, 5.74) is 0.106. The third-order valence-electron chi connectivity index (χ3n) is 1.90. The number of aromatic nitrogens is 1. The van der Waals surface area contributed by atoms with Gasteiger partial charge in [0.2, 0.25) is 5.43 Å². The molecule has 0 aliphatic heterocycles. The normalized spacial score (nSPS) is 9.92. The lowest BCUT2D eigenvalue weighted by Gasteiger charge is -2.08. The number of hydrogen-bond donors (Lipinski definition) is 1. The minimum absolute atomic E-state index is 0.242. The zero-order valence-electron chi connectivity index (χ0n) is 7.36. The highest BCUT2D eigenvalue weighted by molar-refractivity contribution is 5.49. The van der Waals surface area contributed by atoms with Crippen molar-refractivity contribution in [2.75, 3.05) is 0 Å². The molecule has 70 valence electrons. The SMILES string of the molecule is Cc1c(O)c(=O)ccn1CCC=O. The number of carbonyl (C=O) groups excluding carboxylic acids is 1. The van der Waals surface area contributed by atoms with Crippen molar-refractivity contribution >= 4 is 6.29 Å². The van der Waals surface area contributed by atoms with E-state index in [-0.39, 0.29) is 11.2 Å². The summed E-state index contributed by atoms with van der Waals surface area (Å²) in [7, 11) is 0. The van der Waals surface area contributed by atoms with E-state index in [4.69, 9.17) is 0 Å². The number of hydrogen-bond acceptors (Lipinski definition) is 3. The Morgan fingerprint density at radius 2 is 2.31 bits per heavy atom. The lowest BCUT2D eigenvalue weighted by atomic mass is 10.3. The average Bonchev–Trinajstić information content (AvgIpc) is 2.13. The third-order valence-corrected chi connectivity index (χ3v) is 1.90. The van der Waals surface area contributed by atoms with Gasteiger partial charge < -0.3 is 14.5 Å². The van der Waals surface area contributed by atoms with E-state index in [0.29, 0.717) is 18.7 Å². The molecule has 4 nitrogen and oxygen atoms in total. The molecule has 1 heterocycles. The first kappa shape index (κ1) is 9.51. The summed E-state index contributed by atoms with van der Waals surface area (Å²) in [5, 5.41) is 9.26. The molecule has 0 spiro atoms. The fourth-order valence-electron chi connectivity index (χ4n) is 1.10. The maximum Gasteiger partial charge on any atom is 0.223 e. The maximum atomic E-state index is 10.9. The van der Waals surface area contributed by atoms with Crippen LogP contribution in [0, 0.1) is 6.92 Å². The molecule has 0 atom stereocenters. The summed E-state index contributed by atoms with van der Waals surface area (Å²) in [4.78, 5) is 21.0. The van der Waals surface area contributed by atoms with Crippen LogP contribution in [0.5, 0.6) is 5.75 Å². The molecular formula is C9H11NO3. The second-order valence-corrected chi connectivity index (χ2v) is 2.76. The first-order valence-electron chi connectivity index (χ1n) is 3.99. The first-order valence-corrected chi connectivity index (χ1v) is 3.99. The molecule has 1 aromatic heterocycles. The largest absolute Gasteiger partial charge is 0.503 e. The molecule has 0 saturated carbocycles. The van der Waals surface area contributed by atoms with Crippen molar-refractivity contribution in [1.29, 1.82) is 0 Å². The topological polar surface area (TPSA) is 59.3 Å². The van der Waals surface area contributed by atoms with Crippen molar-refractivity contribution in [3.8, 4) is 5.75 Å². The van der Waals surface area contributed by atoms with Crippen LogP contribution in [0.25, 0.3) is 0 Å². The van der Waals surface area contributed by atoms with E-state index in [1.54, 1.807) is 17.7 Å². The molecule has 0 bridgehead atoms. The summed E-state index contributed by atoms with van der Waals surface area (Å²) in [6, 6.07) is 1.28. The molecule has 0 saturated heterocycles. The fraction of sp³-hybridized carbons (Fsp3) is 0.333. The van der Waals surface area contributed by atoms with Gasteiger partial charge in [0.15, 0.2) is 5.75 Å². The Balaban J connectivity index is 3.03. The van der Waals surface area contributed by atoms with Gasteiger partial charge in [-0.25, -0.2) is 0 Å². The van der Waals surface area contributed by atoms with Gasteiger partial charge in [-0.05, 0) is 6.92 Å². The molecule has 0 aromatic carbocycles. The van der Waals surface area contributed by atoms with Crippen LogP contribution >= 0.6 is 0 Å². The number of rotatable bonds is 3. The average molecular weight is 181 g/mol. The van der Waals surface area contributed by atoms with Crippen molar-refractivity contribution in [2.24, 2.45) is 0 Å². The Labute approximate surface area is 75.4 Å². The Hall–Kier alpha value is -1.58. The van der Waals surface area contributed by atoms with E-state index in [0.717, 1.165) is 6.29 Å².